The number of imide groups is 2. The zero-order valence-electron chi connectivity index (χ0n) is 22.1. The second kappa shape index (κ2) is 11.6. The van der Waals surface area contributed by atoms with Crippen molar-refractivity contribution >= 4 is 41.2 Å². The summed E-state index contributed by atoms with van der Waals surface area (Å²) in [6, 6.07) is 18.3. The highest BCUT2D eigenvalue weighted by molar-refractivity contribution is 6.39. The van der Waals surface area contributed by atoms with Gasteiger partial charge in [-0.25, -0.2) is 9.69 Å². The number of halogens is 1. The van der Waals surface area contributed by atoms with Gasteiger partial charge in [-0.1, -0.05) is 50.6 Å². The lowest BCUT2D eigenvalue weighted by Gasteiger charge is -2.26. The van der Waals surface area contributed by atoms with Crippen LogP contribution >= 0.6 is 11.6 Å². The van der Waals surface area contributed by atoms with Gasteiger partial charge in [0.05, 0.1) is 12.8 Å². The van der Waals surface area contributed by atoms with Crippen LogP contribution in [0.5, 0.6) is 17.2 Å². The summed E-state index contributed by atoms with van der Waals surface area (Å²) in [5.41, 5.74) is 1.89. The zero-order valence-corrected chi connectivity index (χ0v) is 22.9. The summed E-state index contributed by atoms with van der Waals surface area (Å²) in [6.45, 7) is 7.07. The number of carbonyl (C=O) groups excluding carboxylic acids is 3. The average molecular weight is 549 g/mol. The lowest BCUT2D eigenvalue weighted by molar-refractivity contribution is -0.122. The Bertz CT molecular complexity index is 1410. The molecular weight excluding hydrogens is 520 g/mol. The van der Waals surface area contributed by atoms with Crippen LogP contribution in [0.4, 0.5) is 10.5 Å². The number of urea groups is 1. The first-order valence-corrected chi connectivity index (χ1v) is 12.7. The fourth-order valence-corrected chi connectivity index (χ4v) is 4.03. The van der Waals surface area contributed by atoms with Gasteiger partial charge < -0.3 is 14.2 Å². The van der Waals surface area contributed by atoms with Crippen LogP contribution in [0.2, 0.25) is 5.02 Å². The number of amides is 4. The summed E-state index contributed by atoms with van der Waals surface area (Å²) in [7, 11) is 1.49. The highest BCUT2D eigenvalue weighted by Crippen LogP contribution is 2.30. The molecule has 1 fully saturated rings. The fraction of sp³-hybridized carbons (Fsp3) is 0.233. The van der Waals surface area contributed by atoms with E-state index in [2.05, 4.69) is 26.1 Å². The molecule has 1 saturated heterocycles. The molecule has 0 bridgehead atoms. The number of hydrogen-bond donors (Lipinski definition) is 1. The van der Waals surface area contributed by atoms with Crippen LogP contribution in [0, 0.1) is 0 Å². The van der Waals surface area contributed by atoms with Crippen molar-refractivity contribution in [1.82, 2.24) is 5.32 Å². The van der Waals surface area contributed by atoms with Gasteiger partial charge in [0, 0.05) is 5.02 Å². The lowest BCUT2D eigenvalue weighted by atomic mass is 9.87. The molecule has 8 nitrogen and oxygen atoms in total. The molecule has 1 heterocycles. The Morgan fingerprint density at radius 1 is 0.872 bits per heavy atom. The van der Waals surface area contributed by atoms with Gasteiger partial charge in [-0.05, 0) is 71.1 Å². The van der Waals surface area contributed by atoms with Crippen LogP contribution < -0.4 is 24.4 Å². The normalized spacial score (nSPS) is 14.8. The second-order valence-electron chi connectivity index (χ2n) is 9.82. The molecule has 0 atom stereocenters. The molecule has 4 amide bonds. The minimum Gasteiger partial charge on any atom is -0.493 e. The van der Waals surface area contributed by atoms with Gasteiger partial charge in [-0.15, -0.1) is 0 Å². The van der Waals surface area contributed by atoms with E-state index in [-0.39, 0.29) is 23.3 Å². The van der Waals surface area contributed by atoms with Gasteiger partial charge in [0.15, 0.2) is 11.5 Å². The van der Waals surface area contributed by atoms with Crippen LogP contribution in [0.1, 0.15) is 31.9 Å². The van der Waals surface area contributed by atoms with Crippen LogP contribution in [0.3, 0.4) is 0 Å². The molecule has 9 heteroatoms. The summed E-state index contributed by atoms with van der Waals surface area (Å²) in [5.74, 6) is 0.0965. The molecule has 0 saturated carbocycles. The second-order valence-corrected chi connectivity index (χ2v) is 10.3. The van der Waals surface area contributed by atoms with Gasteiger partial charge in [-0.2, -0.15) is 0 Å². The molecule has 1 aliphatic rings. The van der Waals surface area contributed by atoms with E-state index in [9.17, 15) is 14.4 Å². The van der Waals surface area contributed by atoms with Crippen LogP contribution in [-0.2, 0) is 15.0 Å². The first kappa shape index (κ1) is 27.7. The number of carbonyl (C=O) groups is 3. The average Bonchev–Trinajstić information content (AvgIpc) is 2.90. The number of hydrogen-bond acceptors (Lipinski definition) is 6. The lowest BCUT2D eigenvalue weighted by Crippen LogP contribution is -2.54. The molecule has 0 radical (unpaired) electrons. The molecule has 1 N–H and O–H groups in total. The third-order valence-corrected chi connectivity index (χ3v) is 6.27. The maximum absolute atomic E-state index is 13.1. The Morgan fingerprint density at radius 3 is 2.18 bits per heavy atom. The van der Waals surface area contributed by atoms with Crippen LogP contribution in [-0.4, -0.2) is 38.2 Å². The minimum absolute atomic E-state index is 0.0713. The summed E-state index contributed by atoms with van der Waals surface area (Å²) in [6.07, 6.45) is 1.39. The van der Waals surface area contributed by atoms with E-state index in [0.29, 0.717) is 28.7 Å². The summed E-state index contributed by atoms with van der Waals surface area (Å²) in [5, 5.41) is 2.65. The maximum Gasteiger partial charge on any atom is 0.335 e. The Labute approximate surface area is 232 Å². The SMILES string of the molecule is COc1cc(C=C2C(=O)NC(=O)N(c3ccc(Cl)cc3)C2=O)ccc1OCCOc1ccc(C(C)(C)C)cc1. The number of nitrogens with one attached hydrogen (secondary N) is 1. The van der Waals surface area contributed by atoms with Gasteiger partial charge >= 0.3 is 6.03 Å². The molecular formula is C30H29ClN2O6. The molecule has 0 aromatic heterocycles. The van der Waals surface area contributed by atoms with E-state index in [1.54, 1.807) is 30.3 Å². The standard InChI is InChI=1S/C30H29ClN2O6/c1-30(2,3)20-6-12-23(13-7-20)38-15-16-39-25-14-5-19(18-26(25)37-4)17-24-27(34)32-29(36)33(28(24)35)22-10-8-21(31)9-11-22/h5-14,17-18H,15-16H2,1-4H3,(H,32,34,36). The number of barbiturate groups is 1. The van der Waals surface area contributed by atoms with Gasteiger partial charge in [0.1, 0.15) is 24.5 Å². The first-order chi connectivity index (χ1) is 18.6. The monoisotopic (exact) mass is 548 g/mol. The Hall–Kier alpha value is -4.30. The van der Waals surface area contributed by atoms with Gasteiger partial charge in [0.25, 0.3) is 11.8 Å². The van der Waals surface area contributed by atoms with Crippen molar-refractivity contribution in [1.29, 1.82) is 0 Å². The van der Waals surface area contributed by atoms with Crippen molar-refractivity contribution in [2.45, 2.75) is 26.2 Å². The highest BCUT2D eigenvalue weighted by Gasteiger charge is 2.36. The number of methoxy groups -OCH3 is 1. The van der Waals surface area contributed by atoms with E-state index in [1.807, 2.05) is 24.3 Å². The number of nitrogens with zero attached hydrogens (tertiary/aromatic N) is 1. The molecule has 0 spiro atoms. The number of ether oxygens (including phenoxy) is 3. The van der Waals surface area contributed by atoms with Crippen LogP contribution in [0.25, 0.3) is 6.08 Å². The van der Waals surface area contributed by atoms with E-state index >= 15 is 0 Å². The molecule has 0 unspecified atom stereocenters. The molecule has 1 aliphatic heterocycles. The third kappa shape index (κ3) is 6.59. The topological polar surface area (TPSA) is 94.2 Å². The van der Waals surface area contributed by atoms with Gasteiger partial charge in [-0.3, -0.25) is 14.9 Å². The van der Waals surface area contributed by atoms with Crippen molar-refractivity contribution in [3.63, 3.8) is 0 Å². The molecule has 3 aromatic rings. The fourth-order valence-electron chi connectivity index (χ4n) is 3.90. The van der Waals surface area contributed by atoms with E-state index in [1.165, 1.54) is 30.9 Å². The van der Waals surface area contributed by atoms with E-state index in [0.717, 1.165) is 10.6 Å². The molecule has 4 rings (SSSR count). The highest BCUT2D eigenvalue weighted by atomic mass is 35.5. The smallest absolute Gasteiger partial charge is 0.335 e. The Morgan fingerprint density at radius 2 is 1.54 bits per heavy atom. The zero-order chi connectivity index (χ0) is 28.2. The van der Waals surface area contributed by atoms with Crippen molar-refractivity contribution in [3.8, 4) is 17.2 Å². The summed E-state index contributed by atoms with van der Waals surface area (Å²) in [4.78, 5) is 38.8. The van der Waals surface area contributed by atoms with Crippen molar-refractivity contribution in [3.05, 3.63) is 88.5 Å². The number of benzene rings is 3. The Balaban J connectivity index is 1.43. The van der Waals surface area contributed by atoms with Gasteiger partial charge in [0.2, 0.25) is 0 Å². The van der Waals surface area contributed by atoms with E-state index < -0.39 is 17.8 Å². The maximum atomic E-state index is 13.1. The molecule has 202 valence electrons. The minimum atomic E-state index is -0.835. The van der Waals surface area contributed by atoms with Crippen molar-refractivity contribution in [2.75, 3.05) is 25.2 Å². The van der Waals surface area contributed by atoms with Crippen molar-refractivity contribution in [2.24, 2.45) is 0 Å². The van der Waals surface area contributed by atoms with Crippen LogP contribution in [0.15, 0.2) is 72.3 Å². The van der Waals surface area contributed by atoms with Crippen molar-refractivity contribution < 1.29 is 28.6 Å². The first-order valence-electron chi connectivity index (χ1n) is 12.3. The number of anilines is 1. The predicted molar refractivity (Wildman–Crippen MR) is 150 cm³/mol. The quantitative estimate of drug-likeness (QED) is 0.218. The third-order valence-electron chi connectivity index (χ3n) is 6.02. The molecule has 3 aromatic carbocycles. The summed E-state index contributed by atoms with van der Waals surface area (Å²) >= 11 is 5.91. The largest absolute Gasteiger partial charge is 0.493 e. The van der Waals surface area contributed by atoms with E-state index in [4.69, 9.17) is 25.8 Å². The molecule has 0 aliphatic carbocycles. The molecule has 39 heavy (non-hydrogen) atoms. The summed E-state index contributed by atoms with van der Waals surface area (Å²) < 4.78 is 17.1. The predicted octanol–water partition coefficient (Wildman–Crippen LogP) is 5.77. The Kier molecular flexibility index (Phi) is 8.26. The number of rotatable bonds is 8.